The van der Waals surface area contributed by atoms with Crippen molar-refractivity contribution in [1.82, 2.24) is 14.6 Å². The maximum Gasteiger partial charge on any atom is 0.242 e. The minimum Gasteiger partial charge on any atom is -0.444 e. The SMILES string of the molecule is CCc1cnc(CN[C@@H](C)c2ccc(S(=O)(=O)N(C)C)cc2)o1. The predicted octanol–water partition coefficient (Wildman–Crippen LogP) is 2.34. The van der Waals surface area contributed by atoms with Crippen molar-refractivity contribution in [3.05, 3.63) is 47.7 Å². The Labute approximate surface area is 137 Å². The van der Waals surface area contributed by atoms with Gasteiger partial charge in [-0.3, -0.25) is 0 Å². The van der Waals surface area contributed by atoms with Crippen LogP contribution in [0.1, 0.15) is 37.1 Å². The van der Waals surface area contributed by atoms with Gasteiger partial charge >= 0.3 is 0 Å². The van der Waals surface area contributed by atoms with E-state index in [-0.39, 0.29) is 6.04 Å². The molecular formula is C16H23N3O3S. The second-order valence-corrected chi connectivity index (χ2v) is 7.68. The van der Waals surface area contributed by atoms with E-state index in [1.54, 1.807) is 18.3 Å². The lowest BCUT2D eigenvalue weighted by Gasteiger charge is -2.15. The summed E-state index contributed by atoms with van der Waals surface area (Å²) in [5, 5.41) is 3.32. The third-order valence-corrected chi connectivity index (χ3v) is 5.50. The molecule has 23 heavy (non-hydrogen) atoms. The number of aromatic nitrogens is 1. The van der Waals surface area contributed by atoms with E-state index in [1.807, 2.05) is 26.0 Å². The van der Waals surface area contributed by atoms with Gasteiger partial charge in [0.2, 0.25) is 15.9 Å². The molecule has 0 saturated carbocycles. The number of hydrogen-bond donors (Lipinski definition) is 1. The molecule has 0 amide bonds. The van der Waals surface area contributed by atoms with Crippen LogP contribution >= 0.6 is 0 Å². The fourth-order valence-corrected chi connectivity index (χ4v) is 2.99. The number of oxazole rings is 1. The molecule has 126 valence electrons. The van der Waals surface area contributed by atoms with Gasteiger partial charge in [-0.25, -0.2) is 17.7 Å². The normalized spacial score (nSPS) is 13.4. The fourth-order valence-electron chi connectivity index (χ4n) is 2.09. The van der Waals surface area contributed by atoms with Crippen molar-refractivity contribution >= 4 is 10.0 Å². The van der Waals surface area contributed by atoms with Crippen LogP contribution in [0.3, 0.4) is 0 Å². The summed E-state index contributed by atoms with van der Waals surface area (Å²) in [7, 11) is -0.343. The molecule has 1 atom stereocenters. The molecule has 1 aromatic heterocycles. The quantitative estimate of drug-likeness (QED) is 0.839. The molecule has 6 nitrogen and oxygen atoms in total. The summed E-state index contributed by atoms with van der Waals surface area (Å²) in [5.41, 5.74) is 1.00. The fraction of sp³-hybridized carbons (Fsp3) is 0.438. The van der Waals surface area contributed by atoms with E-state index in [0.29, 0.717) is 17.3 Å². The molecule has 7 heteroatoms. The second kappa shape index (κ2) is 7.25. The van der Waals surface area contributed by atoms with E-state index >= 15 is 0 Å². The molecule has 0 bridgehead atoms. The van der Waals surface area contributed by atoms with Crippen molar-refractivity contribution in [2.24, 2.45) is 0 Å². The Morgan fingerprint density at radius 3 is 2.43 bits per heavy atom. The van der Waals surface area contributed by atoms with E-state index in [4.69, 9.17) is 4.42 Å². The zero-order chi connectivity index (χ0) is 17.0. The number of nitrogens with zero attached hydrogens (tertiary/aromatic N) is 2. The highest BCUT2D eigenvalue weighted by atomic mass is 32.2. The van der Waals surface area contributed by atoms with E-state index < -0.39 is 10.0 Å². The molecule has 0 aliphatic heterocycles. The van der Waals surface area contributed by atoms with Crippen molar-refractivity contribution in [2.45, 2.75) is 37.8 Å². The van der Waals surface area contributed by atoms with E-state index in [1.165, 1.54) is 18.4 Å². The first-order chi connectivity index (χ1) is 10.8. The monoisotopic (exact) mass is 337 g/mol. The number of benzene rings is 1. The van der Waals surface area contributed by atoms with Gasteiger partial charge in [0.15, 0.2) is 0 Å². The molecule has 0 radical (unpaired) electrons. The number of hydrogen-bond acceptors (Lipinski definition) is 5. The number of rotatable bonds is 7. The molecule has 1 N–H and O–H groups in total. The molecule has 0 unspecified atom stereocenters. The summed E-state index contributed by atoms with van der Waals surface area (Å²) in [4.78, 5) is 4.49. The van der Waals surface area contributed by atoms with Crippen LogP contribution in [0, 0.1) is 0 Å². The maximum absolute atomic E-state index is 12.0. The minimum atomic E-state index is -3.39. The van der Waals surface area contributed by atoms with Crippen molar-refractivity contribution in [2.75, 3.05) is 14.1 Å². The van der Waals surface area contributed by atoms with E-state index in [2.05, 4.69) is 10.3 Å². The lowest BCUT2D eigenvalue weighted by Crippen LogP contribution is -2.22. The average Bonchev–Trinajstić information content (AvgIpc) is 3.00. The zero-order valence-corrected chi connectivity index (χ0v) is 14.7. The van der Waals surface area contributed by atoms with Gasteiger partial charge in [0.05, 0.1) is 17.6 Å². The van der Waals surface area contributed by atoms with Crippen LogP contribution in [0.5, 0.6) is 0 Å². The summed E-state index contributed by atoms with van der Waals surface area (Å²) in [6, 6.07) is 6.96. The second-order valence-electron chi connectivity index (χ2n) is 5.53. The average molecular weight is 337 g/mol. The molecule has 0 aliphatic rings. The molecule has 1 aromatic carbocycles. The molecule has 0 spiro atoms. The summed E-state index contributed by atoms with van der Waals surface area (Å²) < 4.78 is 30.8. The van der Waals surface area contributed by atoms with Gasteiger partial charge in [-0.2, -0.15) is 0 Å². The van der Waals surface area contributed by atoms with Crippen LogP contribution in [0.25, 0.3) is 0 Å². The van der Waals surface area contributed by atoms with Gasteiger partial charge in [0.25, 0.3) is 0 Å². The van der Waals surface area contributed by atoms with Crippen molar-refractivity contribution in [3.8, 4) is 0 Å². The van der Waals surface area contributed by atoms with Gasteiger partial charge in [-0.15, -0.1) is 0 Å². The van der Waals surface area contributed by atoms with Crippen LogP contribution < -0.4 is 5.32 Å². The molecule has 0 aliphatic carbocycles. The Bertz CT molecular complexity index is 736. The van der Waals surface area contributed by atoms with Crippen LogP contribution in [-0.2, 0) is 23.0 Å². The standard InChI is InChI=1S/C16H23N3O3S/c1-5-14-10-18-16(22-14)11-17-12(2)13-6-8-15(9-7-13)23(20,21)19(3)4/h6-10,12,17H,5,11H2,1-4H3/t12-/m0/s1. The van der Waals surface area contributed by atoms with E-state index in [0.717, 1.165) is 17.7 Å². The highest BCUT2D eigenvalue weighted by Gasteiger charge is 2.17. The topological polar surface area (TPSA) is 75.4 Å². The number of nitrogens with one attached hydrogen (secondary N) is 1. The van der Waals surface area contributed by atoms with Crippen molar-refractivity contribution in [3.63, 3.8) is 0 Å². The smallest absolute Gasteiger partial charge is 0.242 e. The van der Waals surface area contributed by atoms with Gasteiger partial charge < -0.3 is 9.73 Å². The first-order valence-corrected chi connectivity index (χ1v) is 8.98. The van der Waals surface area contributed by atoms with Gasteiger partial charge in [0.1, 0.15) is 5.76 Å². The Morgan fingerprint density at radius 1 is 1.26 bits per heavy atom. The van der Waals surface area contributed by atoms with Crippen LogP contribution in [0.15, 0.2) is 39.8 Å². The van der Waals surface area contributed by atoms with Gasteiger partial charge in [-0.05, 0) is 24.6 Å². The van der Waals surface area contributed by atoms with Gasteiger partial charge in [0, 0.05) is 26.6 Å². The maximum atomic E-state index is 12.0. The van der Waals surface area contributed by atoms with Crippen LogP contribution in [0.2, 0.25) is 0 Å². The van der Waals surface area contributed by atoms with Crippen LogP contribution in [-0.4, -0.2) is 31.8 Å². The zero-order valence-electron chi connectivity index (χ0n) is 13.9. The van der Waals surface area contributed by atoms with Gasteiger partial charge in [-0.1, -0.05) is 19.1 Å². The highest BCUT2D eigenvalue weighted by molar-refractivity contribution is 7.89. The third kappa shape index (κ3) is 4.19. The number of sulfonamides is 1. The summed E-state index contributed by atoms with van der Waals surface area (Å²) in [6.45, 7) is 4.56. The Balaban J connectivity index is 2.01. The lowest BCUT2D eigenvalue weighted by atomic mass is 10.1. The largest absolute Gasteiger partial charge is 0.444 e. The first kappa shape index (κ1) is 17.7. The summed E-state index contributed by atoms with van der Waals surface area (Å²) in [5.74, 6) is 1.52. The lowest BCUT2D eigenvalue weighted by molar-refractivity contribution is 0.424. The van der Waals surface area contributed by atoms with Crippen molar-refractivity contribution < 1.29 is 12.8 Å². The predicted molar refractivity (Wildman–Crippen MR) is 88.5 cm³/mol. The Kier molecular flexibility index (Phi) is 5.56. The number of aryl methyl sites for hydroxylation is 1. The van der Waals surface area contributed by atoms with Crippen LogP contribution in [0.4, 0.5) is 0 Å². The molecular weight excluding hydrogens is 314 g/mol. The highest BCUT2D eigenvalue weighted by Crippen LogP contribution is 2.18. The molecule has 0 fully saturated rings. The third-order valence-electron chi connectivity index (χ3n) is 3.67. The molecule has 2 rings (SSSR count). The Hall–Kier alpha value is -1.70. The molecule has 2 aromatic rings. The summed E-state index contributed by atoms with van der Waals surface area (Å²) >= 11 is 0. The first-order valence-electron chi connectivity index (χ1n) is 7.54. The van der Waals surface area contributed by atoms with Crippen molar-refractivity contribution in [1.29, 1.82) is 0 Å². The Morgan fingerprint density at radius 2 is 1.91 bits per heavy atom. The van der Waals surface area contributed by atoms with E-state index in [9.17, 15) is 8.42 Å². The molecule has 0 saturated heterocycles. The molecule has 1 heterocycles. The minimum absolute atomic E-state index is 0.0584. The summed E-state index contributed by atoms with van der Waals surface area (Å²) in [6.07, 6.45) is 2.56.